The Kier molecular flexibility index (Phi) is 5.24. The average Bonchev–Trinajstić information content (AvgIpc) is 3.10. The predicted octanol–water partition coefficient (Wildman–Crippen LogP) is 2.40. The minimum atomic E-state index is -0.638. The van der Waals surface area contributed by atoms with Crippen molar-refractivity contribution in [3.63, 3.8) is 0 Å². The highest BCUT2D eigenvalue weighted by Gasteiger charge is 2.27. The second kappa shape index (κ2) is 7.57. The van der Waals surface area contributed by atoms with Gasteiger partial charge in [0, 0.05) is 19.1 Å². The van der Waals surface area contributed by atoms with E-state index < -0.39 is 6.04 Å². The van der Waals surface area contributed by atoms with Crippen molar-refractivity contribution in [2.75, 3.05) is 25.1 Å². The summed E-state index contributed by atoms with van der Waals surface area (Å²) in [4.78, 5) is 14.7. The number of hydrogen-bond donors (Lipinski definition) is 2. The van der Waals surface area contributed by atoms with Crippen LogP contribution in [0.1, 0.15) is 23.6 Å². The maximum atomic E-state index is 12.5. The number of anilines is 1. The van der Waals surface area contributed by atoms with Gasteiger partial charge in [-0.2, -0.15) is 0 Å². The van der Waals surface area contributed by atoms with E-state index in [2.05, 4.69) is 10.2 Å². The largest absolute Gasteiger partial charge is 0.495 e. The quantitative estimate of drug-likeness (QED) is 0.878. The SMILES string of the molecule is COc1ccccc1N1CCC(NC(=O)C(N)c2ccc(C)cc2)C1. The smallest absolute Gasteiger partial charge is 0.241 e. The Hall–Kier alpha value is -2.53. The summed E-state index contributed by atoms with van der Waals surface area (Å²) in [7, 11) is 1.68. The highest BCUT2D eigenvalue weighted by Crippen LogP contribution is 2.30. The topological polar surface area (TPSA) is 67.6 Å². The lowest BCUT2D eigenvalue weighted by Crippen LogP contribution is -2.42. The average molecular weight is 339 g/mol. The van der Waals surface area contributed by atoms with Gasteiger partial charge in [-0.3, -0.25) is 4.79 Å². The first-order chi connectivity index (χ1) is 12.1. The van der Waals surface area contributed by atoms with Crippen LogP contribution in [-0.4, -0.2) is 32.1 Å². The molecule has 5 heteroatoms. The molecule has 1 saturated heterocycles. The van der Waals surface area contributed by atoms with Gasteiger partial charge in [0.05, 0.1) is 12.8 Å². The number of rotatable bonds is 5. The Morgan fingerprint density at radius 1 is 1.24 bits per heavy atom. The number of benzene rings is 2. The maximum Gasteiger partial charge on any atom is 0.241 e. The van der Waals surface area contributed by atoms with Gasteiger partial charge in [0.15, 0.2) is 0 Å². The molecule has 3 N–H and O–H groups in total. The monoisotopic (exact) mass is 339 g/mol. The fourth-order valence-corrected chi connectivity index (χ4v) is 3.20. The van der Waals surface area contributed by atoms with Crippen molar-refractivity contribution in [3.8, 4) is 5.75 Å². The molecule has 1 aliphatic rings. The second-order valence-electron chi connectivity index (χ2n) is 6.50. The summed E-state index contributed by atoms with van der Waals surface area (Å²) < 4.78 is 5.43. The first-order valence-corrected chi connectivity index (χ1v) is 8.59. The van der Waals surface area contributed by atoms with Crippen molar-refractivity contribution in [2.24, 2.45) is 5.73 Å². The molecular formula is C20H25N3O2. The van der Waals surface area contributed by atoms with Crippen LogP contribution in [0.15, 0.2) is 48.5 Å². The third kappa shape index (κ3) is 3.94. The molecule has 25 heavy (non-hydrogen) atoms. The molecule has 3 rings (SSSR count). The first-order valence-electron chi connectivity index (χ1n) is 8.59. The number of nitrogens with zero attached hydrogens (tertiary/aromatic N) is 1. The molecule has 1 heterocycles. The molecule has 0 aromatic heterocycles. The van der Waals surface area contributed by atoms with Gasteiger partial charge in [0.1, 0.15) is 11.8 Å². The standard InChI is InChI=1S/C20H25N3O2/c1-14-7-9-15(10-8-14)19(21)20(24)22-16-11-12-23(13-16)17-5-3-4-6-18(17)25-2/h3-10,16,19H,11-13,21H2,1-2H3,(H,22,24). The van der Waals surface area contributed by atoms with Gasteiger partial charge in [0.25, 0.3) is 0 Å². The first kappa shape index (κ1) is 17.3. The predicted molar refractivity (Wildman–Crippen MR) is 99.9 cm³/mol. The number of hydrogen-bond acceptors (Lipinski definition) is 4. The van der Waals surface area contributed by atoms with Crippen LogP contribution >= 0.6 is 0 Å². The summed E-state index contributed by atoms with van der Waals surface area (Å²) in [5.74, 6) is 0.724. The summed E-state index contributed by atoms with van der Waals surface area (Å²) in [6.45, 7) is 3.65. The zero-order chi connectivity index (χ0) is 17.8. The molecule has 0 radical (unpaired) electrons. The fourth-order valence-electron chi connectivity index (χ4n) is 3.20. The van der Waals surface area contributed by atoms with E-state index in [1.165, 1.54) is 0 Å². The van der Waals surface area contributed by atoms with E-state index in [1.807, 2.05) is 55.5 Å². The Morgan fingerprint density at radius 3 is 2.68 bits per heavy atom. The summed E-state index contributed by atoms with van der Waals surface area (Å²) in [6.07, 6.45) is 0.893. The molecule has 5 nitrogen and oxygen atoms in total. The number of ether oxygens (including phenoxy) is 1. The van der Waals surface area contributed by atoms with Gasteiger partial charge in [0.2, 0.25) is 5.91 Å². The van der Waals surface area contributed by atoms with E-state index in [-0.39, 0.29) is 11.9 Å². The number of carbonyl (C=O) groups excluding carboxylic acids is 1. The molecular weight excluding hydrogens is 314 g/mol. The molecule has 1 fully saturated rings. The van der Waals surface area contributed by atoms with E-state index in [9.17, 15) is 4.79 Å². The zero-order valence-electron chi connectivity index (χ0n) is 14.7. The van der Waals surface area contributed by atoms with Crippen LogP contribution in [0.5, 0.6) is 5.75 Å². The molecule has 0 bridgehead atoms. The van der Waals surface area contributed by atoms with Gasteiger partial charge >= 0.3 is 0 Å². The Balaban J connectivity index is 1.61. The molecule has 1 aliphatic heterocycles. The molecule has 1 amide bonds. The van der Waals surface area contributed by atoms with Crippen molar-refractivity contribution in [2.45, 2.75) is 25.4 Å². The van der Waals surface area contributed by atoms with E-state index in [4.69, 9.17) is 10.5 Å². The van der Waals surface area contributed by atoms with Crippen LogP contribution in [0.25, 0.3) is 0 Å². The van der Waals surface area contributed by atoms with Gasteiger partial charge < -0.3 is 20.7 Å². The van der Waals surface area contributed by atoms with Crippen LogP contribution in [-0.2, 0) is 4.79 Å². The molecule has 2 aromatic rings. The number of aryl methyl sites for hydroxylation is 1. The Morgan fingerprint density at radius 2 is 1.96 bits per heavy atom. The molecule has 132 valence electrons. The van der Waals surface area contributed by atoms with Crippen molar-refractivity contribution in [3.05, 3.63) is 59.7 Å². The number of methoxy groups -OCH3 is 1. The van der Waals surface area contributed by atoms with Crippen molar-refractivity contribution in [1.29, 1.82) is 0 Å². The minimum Gasteiger partial charge on any atom is -0.495 e. The molecule has 0 aliphatic carbocycles. The number of carbonyl (C=O) groups is 1. The lowest BCUT2D eigenvalue weighted by atomic mass is 10.0. The lowest BCUT2D eigenvalue weighted by Gasteiger charge is -2.22. The van der Waals surface area contributed by atoms with Crippen LogP contribution in [0, 0.1) is 6.92 Å². The molecule has 0 spiro atoms. The highest BCUT2D eigenvalue weighted by atomic mass is 16.5. The summed E-state index contributed by atoms with van der Waals surface area (Å²) >= 11 is 0. The number of amides is 1. The van der Waals surface area contributed by atoms with Crippen molar-refractivity contribution in [1.82, 2.24) is 5.32 Å². The molecule has 0 saturated carbocycles. The minimum absolute atomic E-state index is 0.0916. The van der Waals surface area contributed by atoms with E-state index in [1.54, 1.807) is 7.11 Å². The zero-order valence-corrected chi connectivity index (χ0v) is 14.7. The summed E-state index contributed by atoms with van der Waals surface area (Å²) in [5, 5.41) is 3.08. The van der Waals surface area contributed by atoms with E-state index in [0.29, 0.717) is 0 Å². The Labute approximate surface area is 148 Å². The Bertz CT molecular complexity index is 730. The molecule has 2 atom stereocenters. The van der Waals surface area contributed by atoms with Crippen LogP contribution < -0.4 is 20.7 Å². The van der Waals surface area contributed by atoms with Crippen LogP contribution in [0.4, 0.5) is 5.69 Å². The highest BCUT2D eigenvalue weighted by molar-refractivity contribution is 5.83. The number of nitrogens with two attached hydrogens (primary N) is 1. The molecule has 2 unspecified atom stereocenters. The van der Waals surface area contributed by atoms with Gasteiger partial charge in [-0.05, 0) is 31.0 Å². The van der Waals surface area contributed by atoms with Gasteiger partial charge in [-0.25, -0.2) is 0 Å². The van der Waals surface area contributed by atoms with Gasteiger partial charge in [-0.1, -0.05) is 42.0 Å². The fraction of sp³-hybridized carbons (Fsp3) is 0.350. The van der Waals surface area contributed by atoms with Crippen molar-refractivity contribution < 1.29 is 9.53 Å². The number of para-hydroxylation sites is 2. The normalized spacial score (nSPS) is 18.0. The van der Waals surface area contributed by atoms with Crippen LogP contribution in [0.2, 0.25) is 0 Å². The number of nitrogens with one attached hydrogen (secondary N) is 1. The maximum absolute atomic E-state index is 12.5. The van der Waals surface area contributed by atoms with E-state index in [0.717, 1.165) is 42.1 Å². The van der Waals surface area contributed by atoms with Gasteiger partial charge in [-0.15, -0.1) is 0 Å². The van der Waals surface area contributed by atoms with Crippen molar-refractivity contribution >= 4 is 11.6 Å². The molecule has 2 aromatic carbocycles. The van der Waals surface area contributed by atoms with Crippen LogP contribution in [0.3, 0.4) is 0 Å². The third-order valence-corrected chi connectivity index (χ3v) is 4.68. The summed E-state index contributed by atoms with van der Waals surface area (Å²) in [5.41, 5.74) is 9.16. The second-order valence-corrected chi connectivity index (χ2v) is 6.50. The lowest BCUT2D eigenvalue weighted by molar-refractivity contribution is -0.123. The summed E-state index contributed by atoms with van der Waals surface area (Å²) in [6, 6.07) is 15.2. The van der Waals surface area contributed by atoms with E-state index >= 15 is 0 Å². The third-order valence-electron chi connectivity index (χ3n) is 4.68.